The van der Waals surface area contributed by atoms with Crippen LogP contribution in [0.2, 0.25) is 0 Å². The summed E-state index contributed by atoms with van der Waals surface area (Å²) in [6.45, 7) is 2.37. The first-order chi connectivity index (χ1) is 12.0. The highest BCUT2D eigenvalue weighted by Gasteiger charge is 2.17. The molecule has 2 aromatic heterocycles. The van der Waals surface area contributed by atoms with E-state index in [1.807, 2.05) is 19.1 Å². The number of H-pyrrole nitrogens is 1. The van der Waals surface area contributed by atoms with Gasteiger partial charge in [-0.25, -0.2) is 14.2 Å². The second-order valence-corrected chi connectivity index (χ2v) is 6.42. The van der Waals surface area contributed by atoms with Crippen LogP contribution in [0.15, 0.2) is 51.2 Å². The van der Waals surface area contributed by atoms with Crippen LogP contribution in [-0.4, -0.2) is 19.1 Å². The summed E-state index contributed by atoms with van der Waals surface area (Å²) in [4.78, 5) is 30.8. The predicted octanol–water partition coefficient (Wildman–Crippen LogP) is 2.43. The number of fused-ring (bicyclic) bond motifs is 1. The predicted molar refractivity (Wildman–Crippen MR) is 96.4 cm³/mol. The van der Waals surface area contributed by atoms with Gasteiger partial charge in [-0.3, -0.25) is 14.3 Å². The lowest BCUT2D eigenvalue weighted by Crippen LogP contribution is -2.29. The van der Waals surface area contributed by atoms with Gasteiger partial charge in [0.1, 0.15) is 5.82 Å². The Morgan fingerprint density at radius 2 is 2.00 bits per heavy atom. The van der Waals surface area contributed by atoms with Crippen molar-refractivity contribution in [2.75, 3.05) is 0 Å². The molecule has 0 aliphatic rings. The highest BCUT2D eigenvalue weighted by atomic mass is 32.2. The number of halogens is 1. The maximum Gasteiger partial charge on any atom is 0.329 e. The van der Waals surface area contributed by atoms with Crippen molar-refractivity contribution < 1.29 is 4.39 Å². The van der Waals surface area contributed by atoms with E-state index in [2.05, 4.69) is 9.97 Å². The van der Waals surface area contributed by atoms with Crippen molar-refractivity contribution in [3.8, 4) is 0 Å². The molecule has 130 valence electrons. The van der Waals surface area contributed by atoms with Crippen LogP contribution in [-0.2, 0) is 19.3 Å². The summed E-state index contributed by atoms with van der Waals surface area (Å²) >= 11 is 1.43. The Morgan fingerprint density at radius 1 is 1.28 bits per heavy atom. The highest BCUT2D eigenvalue weighted by molar-refractivity contribution is 7.98. The Bertz CT molecular complexity index is 1050. The molecule has 2 heterocycles. The molecule has 0 saturated heterocycles. The van der Waals surface area contributed by atoms with Gasteiger partial charge in [0.15, 0.2) is 16.3 Å². The van der Waals surface area contributed by atoms with Gasteiger partial charge >= 0.3 is 5.69 Å². The number of aromatic amines is 1. The van der Waals surface area contributed by atoms with Gasteiger partial charge in [-0.15, -0.1) is 0 Å². The average Bonchev–Trinajstić information content (AvgIpc) is 2.96. The number of nitrogens with zero attached hydrogens (tertiary/aromatic N) is 3. The van der Waals surface area contributed by atoms with Crippen molar-refractivity contribution in [3.63, 3.8) is 0 Å². The number of hydrogen-bond acceptors (Lipinski definition) is 4. The molecule has 1 aromatic carbocycles. The summed E-state index contributed by atoms with van der Waals surface area (Å²) in [5.41, 5.74) is 0.701. The molecule has 0 unspecified atom stereocenters. The maximum absolute atomic E-state index is 13.0. The minimum atomic E-state index is -0.497. The third-order valence-electron chi connectivity index (χ3n) is 3.78. The first kappa shape index (κ1) is 17.2. The molecule has 0 fully saturated rings. The molecular weight excluding hydrogens is 343 g/mol. The topological polar surface area (TPSA) is 72.7 Å². The molecule has 1 N–H and O–H groups in total. The third-order valence-corrected chi connectivity index (χ3v) is 4.82. The summed E-state index contributed by atoms with van der Waals surface area (Å²) in [5.74, 6) is 0.293. The van der Waals surface area contributed by atoms with Crippen LogP contribution < -0.4 is 11.2 Å². The van der Waals surface area contributed by atoms with E-state index in [-0.39, 0.29) is 5.82 Å². The van der Waals surface area contributed by atoms with Gasteiger partial charge in [0.05, 0.1) is 0 Å². The number of rotatable bonds is 5. The van der Waals surface area contributed by atoms with E-state index in [0.717, 1.165) is 5.56 Å². The minimum absolute atomic E-state index is 0.282. The Morgan fingerprint density at radius 3 is 2.68 bits per heavy atom. The fourth-order valence-corrected chi connectivity index (χ4v) is 3.39. The molecule has 25 heavy (non-hydrogen) atoms. The molecule has 3 aromatic rings. The number of aromatic nitrogens is 4. The summed E-state index contributed by atoms with van der Waals surface area (Å²) in [7, 11) is 1.57. The van der Waals surface area contributed by atoms with Crippen molar-refractivity contribution in [2.45, 2.75) is 24.4 Å². The number of nitrogens with one attached hydrogen (secondary N) is 1. The molecule has 6 nitrogen and oxygen atoms in total. The largest absolute Gasteiger partial charge is 0.329 e. The number of allylic oxidation sites excluding steroid dienone is 2. The quantitative estimate of drug-likeness (QED) is 0.560. The van der Waals surface area contributed by atoms with E-state index in [0.29, 0.717) is 28.6 Å². The van der Waals surface area contributed by atoms with Gasteiger partial charge in [0, 0.05) is 19.3 Å². The van der Waals surface area contributed by atoms with Crippen LogP contribution in [0.25, 0.3) is 11.2 Å². The zero-order valence-electron chi connectivity index (χ0n) is 13.8. The molecule has 0 spiro atoms. The Balaban J connectivity index is 2.05. The van der Waals surface area contributed by atoms with Gasteiger partial charge in [-0.2, -0.15) is 0 Å². The van der Waals surface area contributed by atoms with E-state index in [4.69, 9.17) is 0 Å². The number of hydrogen-bond donors (Lipinski definition) is 1. The van der Waals surface area contributed by atoms with Gasteiger partial charge < -0.3 is 4.57 Å². The normalized spacial score (nSPS) is 11.6. The van der Waals surface area contributed by atoms with Crippen LogP contribution in [0.5, 0.6) is 0 Å². The van der Waals surface area contributed by atoms with Crippen molar-refractivity contribution >= 4 is 22.9 Å². The standard InChI is InChI=1S/C17H17FN4O2S/c1-3-4-9-22-13-14(21(2)16(24)20-15(13)23)19-17(22)25-10-11-5-7-12(18)8-6-11/h3-8H,9-10H2,1-2H3,(H,20,23,24)/b4-3+. The Kier molecular flexibility index (Phi) is 4.89. The number of benzene rings is 1. The zero-order valence-corrected chi connectivity index (χ0v) is 14.6. The SMILES string of the molecule is C/C=C/Cn1c(SCc2ccc(F)cc2)nc2c1c(=O)[nH]c(=O)n2C. The van der Waals surface area contributed by atoms with E-state index in [9.17, 15) is 14.0 Å². The molecule has 0 saturated carbocycles. The fourth-order valence-electron chi connectivity index (χ4n) is 2.43. The molecule has 3 rings (SSSR count). The molecule has 0 bridgehead atoms. The highest BCUT2D eigenvalue weighted by Crippen LogP contribution is 2.25. The van der Waals surface area contributed by atoms with Gasteiger partial charge in [0.2, 0.25) is 0 Å². The number of thioether (sulfide) groups is 1. The summed E-state index contributed by atoms with van der Waals surface area (Å²) in [6, 6.07) is 6.24. The lowest BCUT2D eigenvalue weighted by atomic mass is 10.2. The van der Waals surface area contributed by atoms with Crippen molar-refractivity contribution in [1.82, 2.24) is 19.1 Å². The monoisotopic (exact) mass is 360 g/mol. The third kappa shape index (κ3) is 3.43. The second-order valence-electron chi connectivity index (χ2n) is 5.48. The van der Waals surface area contributed by atoms with Crippen LogP contribution in [0.3, 0.4) is 0 Å². The van der Waals surface area contributed by atoms with Crippen LogP contribution in [0.4, 0.5) is 4.39 Å². The Labute approximate surface area is 147 Å². The molecule has 0 atom stereocenters. The van der Waals surface area contributed by atoms with Crippen molar-refractivity contribution in [3.05, 3.63) is 68.6 Å². The summed E-state index contributed by atoms with van der Waals surface area (Å²) in [5, 5.41) is 0.629. The van der Waals surface area contributed by atoms with E-state index < -0.39 is 11.2 Å². The van der Waals surface area contributed by atoms with Crippen LogP contribution in [0, 0.1) is 5.82 Å². The molecule has 8 heteroatoms. The molecule has 0 aliphatic carbocycles. The summed E-state index contributed by atoms with van der Waals surface area (Å²) < 4.78 is 16.1. The average molecular weight is 360 g/mol. The van der Waals surface area contributed by atoms with Gasteiger partial charge in [0.25, 0.3) is 5.56 Å². The van der Waals surface area contributed by atoms with Crippen molar-refractivity contribution in [2.24, 2.45) is 7.05 Å². The Hall–Kier alpha value is -2.61. The summed E-state index contributed by atoms with van der Waals surface area (Å²) in [6.07, 6.45) is 3.80. The molecular formula is C17H17FN4O2S. The zero-order chi connectivity index (χ0) is 18.0. The second kappa shape index (κ2) is 7.10. The fraction of sp³-hybridized carbons (Fsp3) is 0.235. The number of aryl methyl sites for hydroxylation is 1. The maximum atomic E-state index is 13.0. The lowest BCUT2D eigenvalue weighted by molar-refractivity contribution is 0.627. The smallest absolute Gasteiger partial charge is 0.309 e. The van der Waals surface area contributed by atoms with Crippen molar-refractivity contribution in [1.29, 1.82) is 0 Å². The molecule has 0 radical (unpaired) electrons. The minimum Gasteiger partial charge on any atom is -0.309 e. The molecule has 0 aliphatic heterocycles. The number of imidazole rings is 1. The van der Waals surface area contributed by atoms with E-state index >= 15 is 0 Å². The first-order valence-electron chi connectivity index (χ1n) is 7.69. The van der Waals surface area contributed by atoms with Crippen LogP contribution >= 0.6 is 11.8 Å². The van der Waals surface area contributed by atoms with E-state index in [1.54, 1.807) is 23.7 Å². The van der Waals surface area contributed by atoms with Gasteiger partial charge in [-0.05, 0) is 24.6 Å². The lowest BCUT2D eigenvalue weighted by Gasteiger charge is -2.06. The van der Waals surface area contributed by atoms with Gasteiger partial charge in [-0.1, -0.05) is 36.0 Å². The van der Waals surface area contributed by atoms with E-state index in [1.165, 1.54) is 28.5 Å². The molecule has 0 amide bonds. The van der Waals surface area contributed by atoms with Crippen LogP contribution in [0.1, 0.15) is 12.5 Å². The first-order valence-corrected chi connectivity index (χ1v) is 8.67.